The zero-order valence-corrected chi connectivity index (χ0v) is 11.5. The molecule has 0 fully saturated rings. The summed E-state index contributed by atoms with van der Waals surface area (Å²) in [5.41, 5.74) is 0.260. The van der Waals surface area contributed by atoms with Gasteiger partial charge in [-0.2, -0.15) is 0 Å². The van der Waals surface area contributed by atoms with Crippen LogP contribution in [-0.2, 0) is 0 Å². The minimum absolute atomic E-state index is 0.0843. The van der Waals surface area contributed by atoms with E-state index in [4.69, 9.17) is 81.2 Å². The summed E-state index contributed by atoms with van der Waals surface area (Å²) in [5, 5.41) is 0.483. The van der Waals surface area contributed by atoms with Gasteiger partial charge in [-0.05, 0) is 0 Å². The number of hydrogen-bond acceptors (Lipinski definition) is 0. The van der Waals surface area contributed by atoms with Gasteiger partial charge in [0, 0.05) is 5.56 Å². The Hall–Kier alpha value is 1.25. The largest absolute Gasteiger partial charge is 0.135 e. The first-order valence-corrected chi connectivity index (χ1v) is 5.93. The molecule has 0 heterocycles. The van der Waals surface area contributed by atoms with Crippen LogP contribution in [0.2, 0.25) is 25.1 Å². The van der Waals surface area contributed by atoms with Gasteiger partial charge in [0.15, 0.2) is 0 Å². The number of halogens is 7. The average molecular weight is 333 g/mol. The highest BCUT2D eigenvalue weighted by Crippen LogP contribution is 2.48. The van der Waals surface area contributed by atoms with E-state index < -0.39 is 4.84 Å². The molecule has 0 unspecified atom stereocenters. The van der Waals surface area contributed by atoms with Gasteiger partial charge in [0.1, 0.15) is 4.84 Å². The molecule has 7 heteroatoms. The fraction of sp³-hybridized carbons (Fsp3) is 0.143. The molecule has 0 amide bonds. The van der Waals surface area contributed by atoms with Crippen LogP contribution in [0.4, 0.5) is 0 Å². The smallest absolute Gasteiger partial charge is 0.0999 e. The molecule has 0 saturated carbocycles. The third-order valence-electron chi connectivity index (χ3n) is 1.46. The third kappa shape index (κ3) is 2.32. The molecule has 1 rings (SSSR count). The second-order valence-corrected chi connectivity index (χ2v) is 5.27. The molecule has 1 aromatic rings. The number of rotatable bonds is 1. The fourth-order valence-corrected chi connectivity index (χ4v) is 2.84. The highest BCUT2D eigenvalue weighted by atomic mass is 35.5. The van der Waals surface area contributed by atoms with Crippen LogP contribution in [0.15, 0.2) is 0 Å². The second kappa shape index (κ2) is 5.05. The van der Waals surface area contributed by atoms with Gasteiger partial charge >= 0.3 is 0 Å². The van der Waals surface area contributed by atoms with Crippen molar-refractivity contribution < 1.29 is 0 Å². The summed E-state index contributed by atoms with van der Waals surface area (Å²) in [4.78, 5) is -0.915. The van der Waals surface area contributed by atoms with Crippen molar-refractivity contribution in [2.75, 3.05) is 0 Å². The van der Waals surface area contributed by atoms with Crippen molar-refractivity contribution in [3.63, 3.8) is 0 Å². The van der Waals surface area contributed by atoms with Crippen molar-refractivity contribution in [3.05, 3.63) is 30.7 Å². The standard InChI is InChI=1S/C7HCl7/c8-2-1(7(13)14)3(9)5(11)6(12)4(2)10/h7H. The zero-order chi connectivity index (χ0) is 11.0. The predicted octanol–water partition coefficient (Wildman–Crippen LogP) is 6.43. The van der Waals surface area contributed by atoms with E-state index >= 15 is 0 Å². The molecule has 0 aliphatic rings. The summed E-state index contributed by atoms with van der Waals surface area (Å²) < 4.78 is 0. The summed E-state index contributed by atoms with van der Waals surface area (Å²) in [7, 11) is 0. The van der Waals surface area contributed by atoms with Crippen molar-refractivity contribution in [2.24, 2.45) is 0 Å². The molecule has 0 bridgehead atoms. The normalized spacial score (nSPS) is 11.1. The molecular formula is C7HCl7. The lowest BCUT2D eigenvalue weighted by molar-refractivity contribution is 1.35. The third-order valence-corrected chi connectivity index (χ3v) is 4.20. The van der Waals surface area contributed by atoms with Crippen LogP contribution >= 0.6 is 81.2 Å². The van der Waals surface area contributed by atoms with Gasteiger partial charge in [0.2, 0.25) is 0 Å². The van der Waals surface area contributed by atoms with E-state index in [0.717, 1.165) is 0 Å². The Morgan fingerprint density at radius 2 is 0.857 bits per heavy atom. The Balaban J connectivity index is 3.60. The average Bonchev–Trinajstić information content (AvgIpc) is 2.11. The van der Waals surface area contributed by atoms with Gasteiger partial charge in [-0.3, -0.25) is 0 Å². The molecule has 0 spiro atoms. The van der Waals surface area contributed by atoms with Crippen molar-refractivity contribution in [3.8, 4) is 0 Å². The van der Waals surface area contributed by atoms with Crippen molar-refractivity contribution in [1.82, 2.24) is 0 Å². The summed E-state index contributed by atoms with van der Waals surface area (Å²) in [6.07, 6.45) is 0. The monoisotopic (exact) mass is 330 g/mol. The van der Waals surface area contributed by atoms with Gasteiger partial charge in [-0.25, -0.2) is 0 Å². The zero-order valence-electron chi connectivity index (χ0n) is 6.22. The molecule has 0 N–H and O–H groups in total. The van der Waals surface area contributed by atoms with Gasteiger partial charge < -0.3 is 0 Å². The molecule has 14 heavy (non-hydrogen) atoms. The second-order valence-electron chi connectivity index (χ2n) is 2.28. The van der Waals surface area contributed by atoms with Crippen LogP contribution < -0.4 is 0 Å². The Labute approximate surface area is 116 Å². The highest BCUT2D eigenvalue weighted by Gasteiger charge is 2.22. The van der Waals surface area contributed by atoms with Crippen molar-refractivity contribution in [2.45, 2.75) is 4.84 Å². The molecule has 0 aromatic heterocycles. The van der Waals surface area contributed by atoms with E-state index in [-0.39, 0.29) is 30.7 Å². The Kier molecular flexibility index (Phi) is 4.81. The summed E-state index contributed by atoms with van der Waals surface area (Å²) in [6, 6.07) is 0. The van der Waals surface area contributed by atoms with Crippen LogP contribution in [0, 0.1) is 0 Å². The van der Waals surface area contributed by atoms with Crippen LogP contribution in [-0.4, -0.2) is 0 Å². The van der Waals surface area contributed by atoms with Crippen LogP contribution in [0.25, 0.3) is 0 Å². The molecular weight excluding hydrogens is 332 g/mol. The first kappa shape index (κ1) is 13.3. The fourth-order valence-electron chi connectivity index (χ4n) is 0.813. The maximum absolute atomic E-state index is 5.84. The van der Waals surface area contributed by atoms with Crippen molar-refractivity contribution >= 4 is 81.2 Å². The van der Waals surface area contributed by atoms with Crippen molar-refractivity contribution in [1.29, 1.82) is 0 Å². The SMILES string of the molecule is Clc1c(Cl)c(Cl)c(C(Cl)Cl)c(Cl)c1Cl. The number of alkyl halides is 2. The topological polar surface area (TPSA) is 0 Å². The van der Waals surface area contributed by atoms with Gasteiger partial charge in [0.05, 0.1) is 25.1 Å². The molecule has 0 aliphatic carbocycles. The van der Waals surface area contributed by atoms with Crippen LogP contribution in [0.5, 0.6) is 0 Å². The van der Waals surface area contributed by atoms with E-state index in [1.165, 1.54) is 0 Å². The molecule has 78 valence electrons. The minimum Gasteiger partial charge on any atom is -0.0999 e. The first-order valence-electron chi connectivity index (χ1n) is 3.17. The molecule has 0 nitrogen and oxygen atoms in total. The summed E-state index contributed by atoms with van der Waals surface area (Å²) in [5.74, 6) is 0. The molecule has 0 radical (unpaired) electrons. The lowest BCUT2D eigenvalue weighted by atomic mass is 10.2. The maximum atomic E-state index is 5.84. The molecule has 1 aromatic carbocycles. The maximum Gasteiger partial charge on any atom is 0.135 e. The molecule has 0 aliphatic heterocycles. The van der Waals surface area contributed by atoms with E-state index in [1.54, 1.807) is 0 Å². The van der Waals surface area contributed by atoms with Gasteiger partial charge in [-0.1, -0.05) is 81.2 Å². The Bertz CT molecular complexity index is 342. The van der Waals surface area contributed by atoms with Gasteiger partial charge in [-0.15, -0.1) is 0 Å². The van der Waals surface area contributed by atoms with E-state index in [0.29, 0.717) is 0 Å². The number of benzene rings is 1. The van der Waals surface area contributed by atoms with E-state index in [1.807, 2.05) is 0 Å². The molecule has 0 saturated heterocycles. The Morgan fingerprint density at radius 3 is 1.14 bits per heavy atom. The Morgan fingerprint density at radius 1 is 0.571 bits per heavy atom. The van der Waals surface area contributed by atoms with Gasteiger partial charge in [0.25, 0.3) is 0 Å². The van der Waals surface area contributed by atoms with E-state index in [9.17, 15) is 0 Å². The minimum atomic E-state index is -0.915. The first-order chi connectivity index (χ1) is 6.37. The number of hydrogen-bond donors (Lipinski definition) is 0. The predicted molar refractivity (Wildman–Crippen MR) is 65.9 cm³/mol. The molecule has 0 atom stereocenters. The van der Waals surface area contributed by atoms with Crippen LogP contribution in [0.3, 0.4) is 0 Å². The lowest BCUT2D eigenvalue weighted by Crippen LogP contribution is -1.90. The summed E-state index contributed by atoms with van der Waals surface area (Å²) in [6.45, 7) is 0. The summed E-state index contributed by atoms with van der Waals surface area (Å²) >= 11 is 40.3. The van der Waals surface area contributed by atoms with Crippen LogP contribution in [0.1, 0.15) is 10.4 Å². The van der Waals surface area contributed by atoms with E-state index in [2.05, 4.69) is 0 Å². The quantitative estimate of drug-likeness (QED) is 0.316. The highest BCUT2D eigenvalue weighted by molar-refractivity contribution is 6.56. The lowest BCUT2D eigenvalue weighted by Gasteiger charge is -2.12.